The molecule has 0 aliphatic carbocycles. The largest absolute Gasteiger partial charge is 0.324 e. The molecule has 1 aromatic rings. The average Bonchev–Trinajstić information content (AvgIpc) is 2.31. The van der Waals surface area contributed by atoms with Gasteiger partial charge in [0.1, 0.15) is 0 Å². The number of halogens is 1. The number of nitrogens with one attached hydrogen (secondary N) is 1. The van der Waals surface area contributed by atoms with Gasteiger partial charge in [-0.2, -0.15) is 0 Å². The van der Waals surface area contributed by atoms with E-state index in [0.29, 0.717) is 17.7 Å². The fourth-order valence-electron chi connectivity index (χ4n) is 1.79. The molecule has 0 spiro atoms. The van der Waals surface area contributed by atoms with Crippen molar-refractivity contribution in [1.29, 1.82) is 0 Å². The Kier molecular flexibility index (Phi) is 6.61. The normalized spacial score (nSPS) is 13.0. The van der Waals surface area contributed by atoms with Crippen LogP contribution in [-0.4, -0.2) is 16.4 Å². The molecule has 7 heteroatoms. The van der Waals surface area contributed by atoms with E-state index in [1.165, 1.54) is 6.07 Å². The number of hydrogen-bond acceptors (Lipinski definition) is 4. The zero-order valence-corrected chi connectivity index (χ0v) is 12.6. The first-order valence-corrected chi connectivity index (χ1v) is 6.13. The molecule has 0 heterocycles. The summed E-state index contributed by atoms with van der Waals surface area (Å²) in [5.74, 6) is -0.340. The van der Waals surface area contributed by atoms with Gasteiger partial charge in [0.05, 0.1) is 10.5 Å². The predicted molar refractivity (Wildman–Crippen MR) is 81.2 cm³/mol. The van der Waals surface area contributed by atoms with Gasteiger partial charge in [-0.25, -0.2) is 0 Å². The molecule has 0 saturated carbocycles. The highest BCUT2D eigenvalue weighted by atomic mass is 35.5. The van der Waals surface area contributed by atoms with Gasteiger partial charge in [-0.05, 0) is 26.3 Å². The zero-order chi connectivity index (χ0) is 14.6. The first-order chi connectivity index (χ1) is 8.77. The topological polar surface area (TPSA) is 98.3 Å². The number of anilines is 1. The van der Waals surface area contributed by atoms with E-state index in [4.69, 9.17) is 5.73 Å². The van der Waals surface area contributed by atoms with Crippen molar-refractivity contribution >= 4 is 29.7 Å². The molecule has 0 radical (unpaired) electrons. The molecule has 0 aliphatic rings. The lowest BCUT2D eigenvalue weighted by atomic mass is 9.96. The van der Waals surface area contributed by atoms with Crippen molar-refractivity contribution in [2.24, 2.45) is 5.73 Å². The van der Waals surface area contributed by atoms with Crippen LogP contribution in [0.1, 0.15) is 32.3 Å². The fraction of sp³-hybridized carbons (Fsp3) is 0.462. The third kappa shape index (κ3) is 4.47. The number of carbonyl (C=O) groups excluding carboxylic acids is 1. The summed E-state index contributed by atoms with van der Waals surface area (Å²) in [5, 5.41) is 13.4. The third-order valence-electron chi connectivity index (χ3n) is 2.95. The summed E-state index contributed by atoms with van der Waals surface area (Å²) in [6.07, 6.45) is 1.33. The van der Waals surface area contributed by atoms with Gasteiger partial charge in [-0.3, -0.25) is 14.9 Å². The minimum absolute atomic E-state index is 0. The van der Waals surface area contributed by atoms with Crippen molar-refractivity contribution in [2.45, 2.75) is 39.2 Å². The summed E-state index contributed by atoms with van der Waals surface area (Å²) in [4.78, 5) is 22.3. The lowest BCUT2D eigenvalue weighted by Crippen LogP contribution is -2.48. The maximum atomic E-state index is 12.0. The van der Waals surface area contributed by atoms with E-state index < -0.39 is 10.5 Å². The molecule has 0 saturated heterocycles. The quantitative estimate of drug-likeness (QED) is 0.645. The van der Waals surface area contributed by atoms with Crippen LogP contribution in [0.25, 0.3) is 0 Å². The number of nitrogens with zero attached hydrogens (tertiary/aromatic N) is 1. The van der Waals surface area contributed by atoms with Gasteiger partial charge in [0.15, 0.2) is 0 Å². The molecular formula is C13H20ClN3O3. The number of rotatable bonds is 5. The second-order valence-electron chi connectivity index (χ2n) is 4.88. The van der Waals surface area contributed by atoms with Gasteiger partial charge in [-0.1, -0.05) is 19.4 Å². The Balaban J connectivity index is 0.00000361. The van der Waals surface area contributed by atoms with Crippen molar-refractivity contribution in [2.75, 3.05) is 5.32 Å². The van der Waals surface area contributed by atoms with Gasteiger partial charge in [0.2, 0.25) is 5.91 Å². The molecule has 3 N–H and O–H groups in total. The van der Waals surface area contributed by atoms with Crippen LogP contribution in [0.3, 0.4) is 0 Å². The van der Waals surface area contributed by atoms with Crippen molar-refractivity contribution in [3.63, 3.8) is 0 Å². The Bertz CT molecular complexity index is 504. The molecule has 20 heavy (non-hydrogen) atoms. The Morgan fingerprint density at radius 2 is 2.10 bits per heavy atom. The standard InChI is InChI=1S/C13H19N3O3.ClH/c1-4-7-13(3,14)12(17)15-10-6-5-9(2)11(8-10)16(18)19;/h5-6,8H,4,7,14H2,1-3H3,(H,15,17);1H. The minimum atomic E-state index is -0.978. The van der Waals surface area contributed by atoms with E-state index in [1.54, 1.807) is 26.0 Å². The van der Waals surface area contributed by atoms with Crippen molar-refractivity contribution in [3.05, 3.63) is 33.9 Å². The molecule has 6 nitrogen and oxygen atoms in total. The molecule has 1 aromatic carbocycles. The molecule has 1 amide bonds. The van der Waals surface area contributed by atoms with Crippen molar-refractivity contribution in [1.82, 2.24) is 0 Å². The minimum Gasteiger partial charge on any atom is -0.324 e. The van der Waals surface area contributed by atoms with Crippen LogP contribution in [0.15, 0.2) is 18.2 Å². The molecule has 1 atom stereocenters. The third-order valence-corrected chi connectivity index (χ3v) is 2.95. The summed E-state index contributed by atoms with van der Waals surface area (Å²) in [7, 11) is 0. The number of nitrogens with two attached hydrogens (primary N) is 1. The Morgan fingerprint density at radius 1 is 1.50 bits per heavy atom. The summed E-state index contributed by atoms with van der Waals surface area (Å²) < 4.78 is 0. The number of carbonyl (C=O) groups is 1. The van der Waals surface area contributed by atoms with Crippen LogP contribution >= 0.6 is 12.4 Å². The highest BCUT2D eigenvalue weighted by molar-refractivity contribution is 5.97. The van der Waals surface area contributed by atoms with Crippen LogP contribution in [0, 0.1) is 17.0 Å². The van der Waals surface area contributed by atoms with Gasteiger partial charge < -0.3 is 11.1 Å². The number of aryl methyl sites for hydroxylation is 1. The zero-order valence-electron chi connectivity index (χ0n) is 11.8. The molecule has 112 valence electrons. The Morgan fingerprint density at radius 3 is 2.60 bits per heavy atom. The number of amides is 1. The first kappa shape index (κ1) is 18.3. The van der Waals surface area contributed by atoms with Crippen LogP contribution in [0.5, 0.6) is 0 Å². The number of hydrogen-bond donors (Lipinski definition) is 2. The van der Waals surface area contributed by atoms with E-state index in [1.807, 2.05) is 6.92 Å². The molecule has 1 unspecified atom stereocenters. The molecule has 0 aromatic heterocycles. The van der Waals surface area contributed by atoms with Gasteiger partial charge in [0, 0.05) is 17.3 Å². The summed E-state index contributed by atoms with van der Waals surface area (Å²) in [6, 6.07) is 4.57. The van der Waals surface area contributed by atoms with E-state index in [2.05, 4.69) is 5.32 Å². The highest BCUT2D eigenvalue weighted by Gasteiger charge is 2.27. The maximum absolute atomic E-state index is 12.0. The number of benzene rings is 1. The molecule has 0 bridgehead atoms. The van der Waals surface area contributed by atoms with E-state index in [9.17, 15) is 14.9 Å². The second-order valence-corrected chi connectivity index (χ2v) is 4.88. The average molecular weight is 302 g/mol. The van der Waals surface area contributed by atoms with Crippen LogP contribution in [0.2, 0.25) is 0 Å². The first-order valence-electron chi connectivity index (χ1n) is 6.13. The molecular weight excluding hydrogens is 282 g/mol. The van der Waals surface area contributed by atoms with E-state index in [0.717, 1.165) is 6.42 Å². The lowest BCUT2D eigenvalue weighted by molar-refractivity contribution is -0.385. The Hall–Kier alpha value is -1.66. The monoisotopic (exact) mass is 301 g/mol. The SMILES string of the molecule is CCCC(C)(N)C(=O)Nc1ccc(C)c([N+](=O)[O-])c1.Cl. The lowest BCUT2D eigenvalue weighted by Gasteiger charge is -2.22. The summed E-state index contributed by atoms with van der Waals surface area (Å²) in [5.41, 5.74) is 5.83. The summed E-state index contributed by atoms with van der Waals surface area (Å²) in [6.45, 7) is 5.23. The van der Waals surface area contributed by atoms with Crippen LogP contribution < -0.4 is 11.1 Å². The fourth-order valence-corrected chi connectivity index (χ4v) is 1.79. The number of nitro benzene ring substituents is 1. The van der Waals surface area contributed by atoms with Gasteiger partial charge in [0.25, 0.3) is 5.69 Å². The molecule has 0 aliphatic heterocycles. The maximum Gasteiger partial charge on any atom is 0.274 e. The smallest absolute Gasteiger partial charge is 0.274 e. The van der Waals surface area contributed by atoms with Crippen molar-refractivity contribution < 1.29 is 9.72 Å². The predicted octanol–water partition coefficient (Wildman–Crippen LogP) is 2.78. The van der Waals surface area contributed by atoms with Crippen LogP contribution in [0.4, 0.5) is 11.4 Å². The number of nitro groups is 1. The summed E-state index contributed by atoms with van der Waals surface area (Å²) >= 11 is 0. The van der Waals surface area contributed by atoms with Crippen molar-refractivity contribution in [3.8, 4) is 0 Å². The van der Waals surface area contributed by atoms with Gasteiger partial charge in [-0.15, -0.1) is 12.4 Å². The molecule has 0 fully saturated rings. The highest BCUT2D eigenvalue weighted by Crippen LogP contribution is 2.23. The van der Waals surface area contributed by atoms with Crippen LogP contribution in [-0.2, 0) is 4.79 Å². The second kappa shape index (κ2) is 7.21. The van der Waals surface area contributed by atoms with E-state index in [-0.39, 0.29) is 24.0 Å². The van der Waals surface area contributed by atoms with E-state index >= 15 is 0 Å². The Labute approximate surface area is 124 Å². The molecule has 1 rings (SSSR count). The van der Waals surface area contributed by atoms with Gasteiger partial charge >= 0.3 is 0 Å².